The van der Waals surface area contributed by atoms with Crippen molar-refractivity contribution in [3.05, 3.63) is 41.2 Å². The highest BCUT2D eigenvalue weighted by Gasteiger charge is 2.01. The molecule has 0 aliphatic rings. The predicted octanol–water partition coefficient (Wildman–Crippen LogP) is 2.37. The molecule has 0 aliphatic heterocycles. The summed E-state index contributed by atoms with van der Waals surface area (Å²) in [4.78, 5) is 0. The van der Waals surface area contributed by atoms with E-state index in [1.54, 1.807) is 0 Å². The SMILES string of the molecule is C=C(CN)COc1ccc(F)c(Cl)c1. The second-order valence-electron chi connectivity index (χ2n) is 2.82. The summed E-state index contributed by atoms with van der Waals surface area (Å²) in [5, 5.41) is 0.0425. The van der Waals surface area contributed by atoms with Gasteiger partial charge in [-0.15, -0.1) is 0 Å². The lowest BCUT2D eigenvalue weighted by molar-refractivity contribution is 0.350. The van der Waals surface area contributed by atoms with Gasteiger partial charge in [-0.2, -0.15) is 0 Å². The van der Waals surface area contributed by atoms with Gasteiger partial charge >= 0.3 is 0 Å². The number of ether oxygens (including phenoxy) is 1. The Kier molecular flexibility index (Phi) is 3.92. The highest BCUT2D eigenvalue weighted by molar-refractivity contribution is 6.30. The Labute approximate surface area is 87.1 Å². The van der Waals surface area contributed by atoms with Crippen LogP contribution in [0.5, 0.6) is 5.75 Å². The summed E-state index contributed by atoms with van der Waals surface area (Å²) in [6.45, 7) is 4.36. The molecular weight excluding hydrogens is 205 g/mol. The van der Waals surface area contributed by atoms with Gasteiger partial charge in [-0.1, -0.05) is 18.2 Å². The molecule has 0 aliphatic carbocycles. The molecule has 1 aromatic carbocycles. The highest BCUT2D eigenvalue weighted by atomic mass is 35.5. The summed E-state index contributed by atoms with van der Waals surface area (Å²) in [7, 11) is 0. The summed E-state index contributed by atoms with van der Waals surface area (Å²) < 4.78 is 18.0. The van der Waals surface area contributed by atoms with E-state index >= 15 is 0 Å². The maximum atomic E-state index is 12.7. The molecule has 0 amide bonds. The van der Waals surface area contributed by atoms with Crippen molar-refractivity contribution < 1.29 is 9.13 Å². The average Bonchev–Trinajstić information content (AvgIpc) is 2.19. The summed E-state index contributed by atoms with van der Waals surface area (Å²) >= 11 is 5.56. The van der Waals surface area contributed by atoms with Crippen LogP contribution in [0.15, 0.2) is 30.4 Å². The quantitative estimate of drug-likeness (QED) is 0.783. The van der Waals surface area contributed by atoms with E-state index in [0.29, 0.717) is 18.9 Å². The molecule has 0 heterocycles. The molecule has 4 heteroatoms. The summed E-state index contributed by atoms with van der Waals surface area (Å²) in [5.74, 6) is 0.0441. The first-order valence-electron chi connectivity index (χ1n) is 4.08. The summed E-state index contributed by atoms with van der Waals surface area (Å²) in [6.07, 6.45) is 0. The van der Waals surface area contributed by atoms with E-state index in [0.717, 1.165) is 5.57 Å². The third-order valence-electron chi connectivity index (χ3n) is 1.62. The Morgan fingerprint density at radius 1 is 1.57 bits per heavy atom. The van der Waals surface area contributed by atoms with Crippen molar-refractivity contribution in [1.29, 1.82) is 0 Å². The Morgan fingerprint density at radius 2 is 2.29 bits per heavy atom. The molecular formula is C10H11ClFNO. The van der Waals surface area contributed by atoms with E-state index in [2.05, 4.69) is 6.58 Å². The Balaban J connectivity index is 2.60. The fourth-order valence-electron chi connectivity index (χ4n) is 0.811. The second-order valence-corrected chi connectivity index (χ2v) is 3.23. The van der Waals surface area contributed by atoms with Crippen LogP contribution < -0.4 is 10.5 Å². The molecule has 1 rings (SSSR count). The van der Waals surface area contributed by atoms with Gasteiger partial charge in [0.05, 0.1) is 5.02 Å². The number of halogens is 2. The molecule has 0 aromatic heterocycles. The van der Waals surface area contributed by atoms with E-state index in [1.165, 1.54) is 18.2 Å². The molecule has 14 heavy (non-hydrogen) atoms. The Morgan fingerprint density at radius 3 is 2.86 bits per heavy atom. The third-order valence-corrected chi connectivity index (χ3v) is 1.91. The van der Waals surface area contributed by atoms with E-state index in [1.807, 2.05) is 0 Å². The minimum Gasteiger partial charge on any atom is -0.489 e. The molecule has 0 spiro atoms. The standard InChI is InChI=1S/C10H11ClFNO/c1-7(5-13)6-14-8-2-3-10(12)9(11)4-8/h2-4H,1,5-6,13H2. The zero-order valence-electron chi connectivity index (χ0n) is 7.59. The van der Waals surface area contributed by atoms with Crippen molar-refractivity contribution in [1.82, 2.24) is 0 Å². The molecule has 0 radical (unpaired) electrons. The van der Waals surface area contributed by atoms with Crippen LogP contribution >= 0.6 is 11.6 Å². The van der Waals surface area contributed by atoms with Crippen LogP contribution in [0.1, 0.15) is 0 Å². The van der Waals surface area contributed by atoms with Crippen molar-refractivity contribution >= 4 is 11.6 Å². The van der Waals surface area contributed by atoms with Crippen LogP contribution in [0.25, 0.3) is 0 Å². The largest absolute Gasteiger partial charge is 0.489 e. The van der Waals surface area contributed by atoms with Gasteiger partial charge in [0, 0.05) is 12.6 Å². The molecule has 2 N–H and O–H groups in total. The van der Waals surface area contributed by atoms with E-state index in [4.69, 9.17) is 22.1 Å². The fraction of sp³-hybridized carbons (Fsp3) is 0.200. The van der Waals surface area contributed by atoms with Crippen LogP contribution in [0, 0.1) is 5.82 Å². The molecule has 0 saturated carbocycles. The first-order chi connectivity index (χ1) is 6.63. The first-order valence-corrected chi connectivity index (χ1v) is 4.46. The highest BCUT2D eigenvalue weighted by Crippen LogP contribution is 2.21. The van der Waals surface area contributed by atoms with Gasteiger partial charge < -0.3 is 10.5 Å². The summed E-state index contributed by atoms with van der Waals surface area (Å²) in [6, 6.07) is 4.18. The number of rotatable bonds is 4. The normalized spacial score (nSPS) is 9.93. The molecule has 2 nitrogen and oxygen atoms in total. The van der Waals surface area contributed by atoms with Crippen LogP contribution in [0.4, 0.5) is 4.39 Å². The third kappa shape index (κ3) is 3.01. The van der Waals surface area contributed by atoms with Gasteiger partial charge in [0.1, 0.15) is 18.2 Å². The zero-order chi connectivity index (χ0) is 10.6. The van der Waals surface area contributed by atoms with Gasteiger partial charge in [0.25, 0.3) is 0 Å². The molecule has 0 fully saturated rings. The maximum Gasteiger partial charge on any atom is 0.142 e. The molecule has 0 unspecified atom stereocenters. The number of hydrogen-bond donors (Lipinski definition) is 1. The smallest absolute Gasteiger partial charge is 0.142 e. The van der Waals surface area contributed by atoms with Gasteiger partial charge in [-0.25, -0.2) is 4.39 Å². The lowest BCUT2D eigenvalue weighted by atomic mass is 10.3. The Hall–Kier alpha value is -1.06. The topological polar surface area (TPSA) is 35.2 Å². The van der Waals surface area contributed by atoms with E-state index in [9.17, 15) is 4.39 Å². The van der Waals surface area contributed by atoms with Crippen LogP contribution in [0.3, 0.4) is 0 Å². The van der Waals surface area contributed by atoms with Gasteiger partial charge in [-0.05, 0) is 17.7 Å². The van der Waals surface area contributed by atoms with Gasteiger partial charge in [0.2, 0.25) is 0 Å². The fourth-order valence-corrected chi connectivity index (χ4v) is 0.981. The molecule has 76 valence electrons. The van der Waals surface area contributed by atoms with E-state index in [-0.39, 0.29) is 5.02 Å². The van der Waals surface area contributed by atoms with Crippen LogP contribution in [0.2, 0.25) is 5.02 Å². The van der Waals surface area contributed by atoms with Crippen molar-refractivity contribution in [3.63, 3.8) is 0 Å². The predicted molar refractivity (Wildman–Crippen MR) is 55.1 cm³/mol. The minimum absolute atomic E-state index is 0.0425. The van der Waals surface area contributed by atoms with Crippen LogP contribution in [-0.2, 0) is 0 Å². The van der Waals surface area contributed by atoms with E-state index < -0.39 is 5.82 Å². The molecule has 1 aromatic rings. The lowest BCUT2D eigenvalue weighted by Crippen LogP contribution is -2.09. The van der Waals surface area contributed by atoms with Crippen molar-refractivity contribution in [2.75, 3.05) is 13.2 Å². The molecule has 0 atom stereocenters. The average molecular weight is 216 g/mol. The van der Waals surface area contributed by atoms with Crippen LogP contribution in [-0.4, -0.2) is 13.2 Å². The van der Waals surface area contributed by atoms with Crippen molar-refractivity contribution in [2.24, 2.45) is 5.73 Å². The lowest BCUT2D eigenvalue weighted by Gasteiger charge is -2.07. The first kappa shape index (κ1) is 11.0. The molecule has 0 saturated heterocycles. The molecule has 0 bridgehead atoms. The van der Waals surface area contributed by atoms with Crippen molar-refractivity contribution in [3.8, 4) is 5.75 Å². The van der Waals surface area contributed by atoms with Crippen molar-refractivity contribution in [2.45, 2.75) is 0 Å². The monoisotopic (exact) mass is 215 g/mol. The Bertz CT molecular complexity index is 341. The number of nitrogens with two attached hydrogens (primary N) is 1. The van der Waals surface area contributed by atoms with Gasteiger partial charge in [-0.3, -0.25) is 0 Å². The number of benzene rings is 1. The second kappa shape index (κ2) is 4.98. The maximum absolute atomic E-state index is 12.7. The summed E-state index contributed by atoms with van der Waals surface area (Å²) in [5.41, 5.74) is 6.09. The van der Waals surface area contributed by atoms with Gasteiger partial charge in [0.15, 0.2) is 0 Å². The number of hydrogen-bond acceptors (Lipinski definition) is 2. The minimum atomic E-state index is -0.461. The zero-order valence-corrected chi connectivity index (χ0v) is 8.35.